The van der Waals surface area contributed by atoms with Crippen molar-refractivity contribution in [3.8, 4) is 0 Å². The second-order valence-electron chi connectivity index (χ2n) is 4.38. The average molecular weight is 189 g/mol. The molecule has 0 radical (unpaired) electrons. The van der Waals surface area contributed by atoms with Crippen molar-refractivity contribution < 1.29 is 0 Å². The lowest BCUT2D eigenvalue weighted by Crippen LogP contribution is -2.10. The van der Waals surface area contributed by atoms with Gasteiger partial charge in [0, 0.05) is 11.4 Å². The van der Waals surface area contributed by atoms with Crippen molar-refractivity contribution in [3.63, 3.8) is 0 Å². The summed E-state index contributed by atoms with van der Waals surface area (Å²) in [6, 6.07) is 4.52. The highest BCUT2D eigenvalue weighted by Gasteiger charge is 2.17. The molecule has 1 heterocycles. The lowest BCUT2D eigenvalue weighted by molar-refractivity contribution is 0.576. The molecule has 14 heavy (non-hydrogen) atoms. The van der Waals surface area contributed by atoms with Gasteiger partial charge in [0.25, 0.3) is 0 Å². The van der Waals surface area contributed by atoms with E-state index in [1.165, 1.54) is 42.6 Å². The maximum Gasteiger partial charge on any atom is 0.0441 e. The topological polar surface area (TPSA) is 12.9 Å². The molecular weight excluding hydrogens is 170 g/mol. The summed E-state index contributed by atoms with van der Waals surface area (Å²) in [5, 5.41) is 0. The van der Waals surface area contributed by atoms with Gasteiger partial charge in [-0.2, -0.15) is 0 Å². The van der Waals surface area contributed by atoms with Crippen molar-refractivity contribution in [3.05, 3.63) is 29.1 Å². The second kappa shape index (κ2) is 4.12. The quantitative estimate of drug-likeness (QED) is 0.694. The number of rotatable bonds is 2. The Labute approximate surface area is 86.6 Å². The summed E-state index contributed by atoms with van der Waals surface area (Å²) in [5.74, 6) is 0.724. The number of hydrogen-bond acceptors (Lipinski definition) is 1. The normalized spacial score (nSPS) is 20.6. The molecule has 1 aliphatic carbocycles. The van der Waals surface area contributed by atoms with Crippen LogP contribution in [-0.2, 0) is 12.8 Å². The third kappa shape index (κ3) is 1.82. The zero-order chi connectivity index (χ0) is 9.97. The standard InChI is InChI=1S/C13H19N/c1-3-5-11-8-9-12-10(2)6-4-7-13(12)14-11/h8-10H,3-7H2,1-2H3. The molecule has 1 heteroatoms. The molecule has 0 fully saturated rings. The van der Waals surface area contributed by atoms with Crippen LogP contribution in [0, 0.1) is 0 Å². The second-order valence-corrected chi connectivity index (χ2v) is 4.38. The van der Waals surface area contributed by atoms with Crippen molar-refractivity contribution in [2.75, 3.05) is 0 Å². The molecule has 1 aromatic rings. The average Bonchev–Trinajstić information content (AvgIpc) is 2.18. The predicted molar refractivity (Wildman–Crippen MR) is 59.6 cm³/mol. The summed E-state index contributed by atoms with van der Waals surface area (Å²) < 4.78 is 0. The Bertz CT molecular complexity index is 317. The molecule has 0 spiro atoms. The number of hydrogen-bond donors (Lipinski definition) is 0. The molecule has 1 aliphatic rings. The molecule has 0 saturated carbocycles. The van der Waals surface area contributed by atoms with Gasteiger partial charge >= 0.3 is 0 Å². The van der Waals surface area contributed by atoms with Crippen LogP contribution in [0.25, 0.3) is 0 Å². The molecule has 0 saturated heterocycles. The summed E-state index contributed by atoms with van der Waals surface area (Å²) in [6.07, 6.45) is 6.17. The SMILES string of the molecule is CCCc1ccc2c(n1)CCCC2C. The first-order valence-electron chi connectivity index (χ1n) is 5.80. The highest BCUT2D eigenvalue weighted by atomic mass is 14.7. The van der Waals surface area contributed by atoms with Crippen molar-refractivity contribution >= 4 is 0 Å². The summed E-state index contributed by atoms with van der Waals surface area (Å²) >= 11 is 0. The van der Waals surface area contributed by atoms with Gasteiger partial charge < -0.3 is 0 Å². The number of aryl methyl sites for hydroxylation is 2. The maximum atomic E-state index is 4.75. The summed E-state index contributed by atoms with van der Waals surface area (Å²) in [5.41, 5.74) is 4.14. The van der Waals surface area contributed by atoms with Crippen molar-refractivity contribution in [2.24, 2.45) is 0 Å². The van der Waals surface area contributed by atoms with Gasteiger partial charge in [-0.3, -0.25) is 4.98 Å². The zero-order valence-electron chi connectivity index (χ0n) is 9.21. The zero-order valence-corrected chi connectivity index (χ0v) is 9.21. The fourth-order valence-corrected chi connectivity index (χ4v) is 2.33. The minimum Gasteiger partial charge on any atom is -0.258 e. The van der Waals surface area contributed by atoms with Crippen LogP contribution in [0.4, 0.5) is 0 Å². The van der Waals surface area contributed by atoms with Gasteiger partial charge in [-0.1, -0.05) is 26.3 Å². The minimum atomic E-state index is 0.724. The molecule has 0 N–H and O–H groups in total. The molecular formula is C13H19N. The molecule has 1 aromatic heterocycles. The smallest absolute Gasteiger partial charge is 0.0441 e. The first-order chi connectivity index (χ1) is 6.81. The number of pyridine rings is 1. The van der Waals surface area contributed by atoms with E-state index >= 15 is 0 Å². The molecule has 76 valence electrons. The van der Waals surface area contributed by atoms with Crippen molar-refractivity contribution in [2.45, 2.75) is 51.9 Å². The molecule has 1 unspecified atom stereocenters. The largest absolute Gasteiger partial charge is 0.258 e. The Hall–Kier alpha value is -0.850. The van der Waals surface area contributed by atoms with E-state index in [0.29, 0.717) is 0 Å². The van der Waals surface area contributed by atoms with E-state index < -0.39 is 0 Å². The van der Waals surface area contributed by atoms with E-state index in [2.05, 4.69) is 26.0 Å². The van der Waals surface area contributed by atoms with Crippen molar-refractivity contribution in [1.29, 1.82) is 0 Å². The highest BCUT2D eigenvalue weighted by molar-refractivity contribution is 5.28. The van der Waals surface area contributed by atoms with Crippen LogP contribution in [0.15, 0.2) is 12.1 Å². The third-order valence-corrected chi connectivity index (χ3v) is 3.15. The fourth-order valence-electron chi connectivity index (χ4n) is 2.33. The first kappa shape index (κ1) is 9.70. The van der Waals surface area contributed by atoms with E-state index in [9.17, 15) is 0 Å². The summed E-state index contributed by atoms with van der Waals surface area (Å²) in [6.45, 7) is 4.53. The van der Waals surface area contributed by atoms with E-state index in [4.69, 9.17) is 4.98 Å². The lowest BCUT2D eigenvalue weighted by atomic mass is 9.87. The monoisotopic (exact) mass is 189 g/mol. The van der Waals surface area contributed by atoms with Crippen LogP contribution < -0.4 is 0 Å². The Kier molecular flexibility index (Phi) is 2.85. The summed E-state index contributed by atoms with van der Waals surface area (Å²) in [7, 11) is 0. The predicted octanol–water partition coefficient (Wildman–Crippen LogP) is 3.47. The van der Waals surface area contributed by atoms with Crippen LogP contribution >= 0.6 is 0 Å². The molecule has 2 rings (SSSR count). The number of fused-ring (bicyclic) bond motifs is 1. The molecule has 1 atom stereocenters. The molecule has 0 amide bonds. The van der Waals surface area contributed by atoms with Gasteiger partial charge in [0.05, 0.1) is 0 Å². The molecule has 1 nitrogen and oxygen atoms in total. The van der Waals surface area contributed by atoms with Gasteiger partial charge in [-0.05, 0) is 43.2 Å². The van der Waals surface area contributed by atoms with Crippen LogP contribution in [0.3, 0.4) is 0 Å². The van der Waals surface area contributed by atoms with Crippen LogP contribution in [0.2, 0.25) is 0 Å². The number of aromatic nitrogens is 1. The van der Waals surface area contributed by atoms with Crippen LogP contribution in [0.5, 0.6) is 0 Å². The van der Waals surface area contributed by atoms with Gasteiger partial charge in [0.15, 0.2) is 0 Å². The number of nitrogens with zero attached hydrogens (tertiary/aromatic N) is 1. The first-order valence-corrected chi connectivity index (χ1v) is 5.80. The minimum absolute atomic E-state index is 0.724. The molecule has 0 aromatic carbocycles. The van der Waals surface area contributed by atoms with Gasteiger partial charge in [0.2, 0.25) is 0 Å². The Balaban J connectivity index is 2.29. The highest BCUT2D eigenvalue weighted by Crippen LogP contribution is 2.29. The molecule has 0 aliphatic heterocycles. The Morgan fingerprint density at radius 3 is 3.07 bits per heavy atom. The van der Waals surface area contributed by atoms with E-state index in [0.717, 1.165) is 12.3 Å². The maximum absolute atomic E-state index is 4.75. The Morgan fingerprint density at radius 1 is 1.43 bits per heavy atom. The van der Waals surface area contributed by atoms with E-state index in [1.54, 1.807) is 0 Å². The van der Waals surface area contributed by atoms with Crippen LogP contribution in [-0.4, -0.2) is 4.98 Å². The van der Waals surface area contributed by atoms with Crippen molar-refractivity contribution in [1.82, 2.24) is 4.98 Å². The van der Waals surface area contributed by atoms with Gasteiger partial charge in [-0.25, -0.2) is 0 Å². The van der Waals surface area contributed by atoms with Crippen LogP contribution in [0.1, 0.15) is 56.0 Å². The lowest BCUT2D eigenvalue weighted by Gasteiger charge is -2.21. The van der Waals surface area contributed by atoms with Gasteiger partial charge in [-0.15, -0.1) is 0 Å². The summed E-state index contributed by atoms with van der Waals surface area (Å²) in [4.78, 5) is 4.75. The van der Waals surface area contributed by atoms with E-state index in [-0.39, 0.29) is 0 Å². The fraction of sp³-hybridized carbons (Fsp3) is 0.615. The Morgan fingerprint density at radius 2 is 2.29 bits per heavy atom. The van der Waals surface area contributed by atoms with E-state index in [1.807, 2.05) is 0 Å². The molecule has 0 bridgehead atoms. The third-order valence-electron chi connectivity index (χ3n) is 3.15. The van der Waals surface area contributed by atoms with Gasteiger partial charge in [0.1, 0.15) is 0 Å².